The minimum Gasteiger partial charge on any atom is -0.364 e. The number of carbonyl (C=O) groups excluding carboxylic acids is 1. The number of hydrogen-bond acceptors (Lipinski definition) is 3. The largest absolute Gasteiger partial charge is 0.364 e. The summed E-state index contributed by atoms with van der Waals surface area (Å²) in [5, 5.41) is 3.86. The molecule has 1 saturated carbocycles. The topological polar surface area (TPSA) is 46.3 Å². The third-order valence-electron chi connectivity index (χ3n) is 4.00. The van der Waals surface area contributed by atoms with Gasteiger partial charge < -0.3 is 9.42 Å². The molecule has 100 valence electrons. The molecule has 0 unspecified atom stereocenters. The van der Waals surface area contributed by atoms with Crippen molar-refractivity contribution < 1.29 is 9.32 Å². The Hall–Kier alpha value is -1.03. The Labute approximate surface area is 112 Å². The van der Waals surface area contributed by atoms with Crippen LogP contribution in [0.5, 0.6) is 0 Å². The van der Waals surface area contributed by atoms with Gasteiger partial charge in [-0.2, -0.15) is 0 Å². The zero-order valence-electron chi connectivity index (χ0n) is 10.7. The number of rotatable bonds is 6. The second-order valence-corrected chi connectivity index (χ2v) is 5.35. The molecule has 4 nitrogen and oxygen atoms in total. The summed E-state index contributed by atoms with van der Waals surface area (Å²) in [6, 6.07) is 1.79. The van der Waals surface area contributed by atoms with Crippen molar-refractivity contribution in [1.29, 1.82) is 0 Å². The van der Waals surface area contributed by atoms with Crippen LogP contribution in [-0.2, 0) is 11.3 Å². The number of aromatic nitrogens is 1. The summed E-state index contributed by atoms with van der Waals surface area (Å²) in [6.45, 7) is 3.46. The van der Waals surface area contributed by atoms with Crippen LogP contribution < -0.4 is 0 Å². The molecule has 1 heterocycles. The second-order valence-electron chi connectivity index (χ2n) is 5.08. The molecule has 0 atom stereocenters. The van der Waals surface area contributed by atoms with Crippen LogP contribution in [0.3, 0.4) is 0 Å². The summed E-state index contributed by atoms with van der Waals surface area (Å²) in [7, 11) is 0. The van der Waals surface area contributed by atoms with Crippen molar-refractivity contribution >= 4 is 17.5 Å². The van der Waals surface area contributed by atoms with Gasteiger partial charge in [-0.25, -0.2) is 0 Å². The molecule has 1 aromatic rings. The van der Waals surface area contributed by atoms with E-state index in [4.69, 9.17) is 16.1 Å². The van der Waals surface area contributed by atoms with E-state index in [1.807, 2.05) is 4.90 Å². The Kier molecular flexibility index (Phi) is 4.27. The molecule has 1 aliphatic carbocycles. The number of nitrogens with zero attached hydrogens (tertiary/aromatic N) is 2. The maximum absolute atomic E-state index is 11.9. The van der Waals surface area contributed by atoms with Crippen molar-refractivity contribution in [2.75, 3.05) is 12.4 Å². The van der Waals surface area contributed by atoms with E-state index in [0.29, 0.717) is 12.0 Å². The molecule has 1 fully saturated rings. The van der Waals surface area contributed by atoms with E-state index >= 15 is 0 Å². The third-order valence-corrected chi connectivity index (χ3v) is 4.23. The number of amides is 1. The lowest BCUT2D eigenvalue weighted by molar-refractivity contribution is -0.132. The zero-order chi connectivity index (χ0) is 13.0. The van der Waals surface area contributed by atoms with Gasteiger partial charge >= 0.3 is 0 Å². The van der Waals surface area contributed by atoms with Gasteiger partial charge in [0.15, 0.2) is 0 Å². The fourth-order valence-electron chi connectivity index (χ4n) is 2.54. The smallest absolute Gasteiger partial charge is 0.237 e. The lowest BCUT2D eigenvalue weighted by atomic mass is 9.66. The van der Waals surface area contributed by atoms with Gasteiger partial charge in [-0.1, -0.05) is 18.5 Å². The average molecular weight is 271 g/mol. The molecule has 1 aliphatic rings. The van der Waals surface area contributed by atoms with Crippen LogP contribution in [0, 0.1) is 5.41 Å². The van der Waals surface area contributed by atoms with Crippen LogP contribution >= 0.6 is 11.6 Å². The molecule has 2 rings (SSSR count). The fraction of sp³-hybridized carbons (Fsp3) is 0.692. The van der Waals surface area contributed by atoms with Gasteiger partial charge in [0.1, 0.15) is 17.8 Å². The highest BCUT2D eigenvalue weighted by Gasteiger charge is 2.37. The third kappa shape index (κ3) is 2.86. The Balaban J connectivity index is 2.03. The van der Waals surface area contributed by atoms with E-state index in [9.17, 15) is 4.79 Å². The summed E-state index contributed by atoms with van der Waals surface area (Å²) >= 11 is 5.69. The molecule has 0 radical (unpaired) electrons. The molecule has 0 aromatic carbocycles. The first-order valence-electron chi connectivity index (χ1n) is 6.42. The van der Waals surface area contributed by atoms with Crippen molar-refractivity contribution in [1.82, 2.24) is 10.1 Å². The summed E-state index contributed by atoms with van der Waals surface area (Å²) in [4.78, 5) is 13.7. The van der Waals surface area contributed by atoms with Gasteiger partial charge in [-0.3, -0.25) is 4.79 Å². The van der Waals surface area contributed by atoms with Crippen LogP contribution in [-0.4, -0.2) is 28.4 Å². The summed E-state index contributed by atoms with van der Waals surface area (Å²) in [5.74, 6) is -0.00290. The highest BCUT2D eigenvalue weighted by molar-refractivity contribution is 6.27. The van der Waals surface area contributed by atoms with E-state index in [0.717, 1.165) is 18.7 Å². The minimum absolute atomic E-state index is 0.0254. The predicted octanol–water partition coefficient (Wildman–Crippen LogP) is 2.82. The van der Waals surface area contributed by atoms with Gasteiger partial charge in [0.25, 0.3) is 0 Å². The van der Waals surface area contributed by atoms with Crippen molar-refractivity contribution in [3.63, 3.8) is 0 Å². The molecule has 0 N–H and O–H groups in total. The van der Waals surface area contributed by atoms with Crippen LogP contribution in [0.2, 0.25) is 0 Å². The first-order valence-corrected chi connectivity index (χ1v) is 6.95. The van der Waals surface area contributed by atoms with Gasteiger partial charge in [-0.15, -0.1) is 11.6 Å². The lowest BCUT2D eigenvalue weighted by Crippen LogP contribution is -2.44. The van der Waals surface area contributed by atoms with Crippen molar-refractivity contribution in [3.8, 4) is 0 Å². The summed E-state index contributed by atoms with van der Waals surface area (Å²) in [6.07, 6.45) is 6.30. The molecular formula is C13H19ClN2O2. The van der Waals surface area contributed by atoms with Gasteiger partial charge in [0.05, 0.1) is 6.54 Å². The molecule has 18 heavy (non-hydrogen) atoms. The van der Waals surface area contributed by atoms with E-state index < -0.39 is 0 Å². The van der Waals surface area contributed by atoms with E-state index in [2.05, 4.69) is 12.1 Å². The Morgan fingerprint density at radius 1 is 1.61 bits per heavy atom. The van der Waals surface area contributed by atoms with Crippen LogP contribution in [0.4, 0.5) is 0 Å². The van der Waals surface area contributed by atoms with E-state index in [1.54, 1.807) is 6.07 Å². The average Bonchev–Trinajstić information content (AvgIpc) is 2.84. The molecule has 5 heteroatoms. The first-order chi connectivity index (χ1) is 8.69. The molecule has 1 aromatic heterocycles. The predicted molar refractivity (Wildman–Crippen MR) is 69.2 cm³/mol. The van der Waals surface area contributed by atoms with E-state index in [1.165, 1.54) is 25.5 Å². The molecule has 1 amide bonds. The SMILES string of the molecule is CCC1(CN(Cc2ccon2)C(=O)CCl)CCC1. The Morgan fingerprint density at radius 2 is 2.39 bits per heavy atom. The maximum Gasteiger partial charge on any atom is 0.237 e. The van der Waals surface area contributed by atoms with E-state index in [-0.39, 0.29) is 11.8 Å². The molecule has 0 bridgehead atoms. The van der Waals surface area contributed by atoms with Gasteiger partial charge in [0.2, 0.25) is 5.91 Å². The number of halogens is 1. The quantitative estimate of drug-likeness (QED) is 0.747. The lowest BCUT2D eigenvalue weighted by Gasteiger charge is -2.44. The highest BCUT2D eigenvalue weighted by Crippen LogP contribution is 2.44. The molecule has 0 aliphatic heterocycles. The zero-order valence-corrected chi connectivity index (χ0v) is 11.4. The molecular weight excluding hydrogens is 252 g/mol. The van der Waals surface area contributed by atoms with Crippen molar-refractivity contribution in [2.45, 2.75) is 39.2 Å². The molecule has 0 saturated heterocycles. The molecule has 0 spiro atoms. The summed E-state index contributed by atoms with van der Waals surface area (Å²) in [5.41, 5.74) is 1.07. The Bertz CT molecular complexity index is 382. The highest BCUT2D eigenvalue weighted by atomic mass is 35.5. The number of alkyl halides is 1. The van der Waals surface area contributed by atoms with Crippen LogP contribution in [0.15, 0.2) is 16.9 Å². The van der Waals surface area contributed by atoms with Gasteiger partial charge in [-0.05, 0) is 24.7 Å². The normalized spacial score (nSPS) is 17.2. The van der Waals surface area contributed by atoms with Crippen LogP contribution in [0.25, 0.3) is 0 Å². The van der Waals surface area contributed by atoms with Crippen molar-refractivity contribution in [2.24, 2.45) is 5.41 Å². The first kappa shape index (κ1) is 13.4. The summed E-state index contributed by atoms with van der Waals surface area (Å²) < 4.78 is 4.80. The minimum atomic E-state index is -0.0283. The Morgan fingerprint density at radius 3 is 2.83 bits per heavy atom. The van der Waals surface area contributed by atoms with Crippen LogP contribution in [0.1, 0.15) is 38.3 Å². The maximum atomic E-state index is 11.9. The standard InChI is InChI=1S/C13H19ClN2O2/c1-2-13(5-3-6-13)10-16(12(17)8-14)9-11-4-7-18-15-11/h4,7H,2-3,5-6,8-10H2,1H3. The second kappa shape index (κ2) is 5.74. The fourth-order valence-corrected chi connectivity index (χ4v) is 2.71. The number of carbonyl (C=O) groups is 1. The van der Waals surface area contributed by atoms with Crippen molar-refractivity contribution in [3.05, 3.63) is 18.0 Å². The van der Waals surface area contributed by atoms with Gasteiger partial charge in [0, 0.05) is 12.6 Å². The monoisotopic (exact) mass is 270 g/mol. The number of hydrogen-bond donors (Lipinski definition) is 0.